The van der Waals surface area contributed by atoms with Crippen LogP contribution in [0.4, 0.5) is 5.69 Å². The Hall–Kier alpha value is -2.37. The Morgan fingerprint density at radius 1 is 0.895 bits per heavy atom. The summed E-state index contributed by atoms with van der Waals surface area (Å²) in [6, 6.07) is 13.2. The Balaban J connectivity index is 1.37. The average molecular weight is 556 g/mol. The third-order valence-electron chi connectivity index (χ3n) is 6.74. The fourth-order valence-corrected chi connectivity index (χ4v) is 5.35. The predicted octanol–water partition coefficient (Wildman–Crippen LogP) is 9.38. The van der Waals surface area contributed by atoms with Crippen molar-refractivity contribution in [2.75, 3.05) is 11.9 Å². The number of carbonyl (C=O) groups is 1. The van der Waals surface area contributed by atoms with Gasteiger partial charge in [0.05, 0.1) is 17.0 Å². The number of aryl methyl sites for hydroxylation is 1. The van der Waals surface area contributed by atoms with Crippen LogP contribution in [0.1, 0.15) is 105 Å². The minimum atomic E-state index is -0.193. The first-order valence-electron chi connectivity index (χ1n) is 14.3. The van der Waals surface area contributed by atoms with Gasteiger partial charge in [0.2, 0.25) is 5.51 Å². The minimum absolute atomic E-state index is 0.193. The highest BCUT2D eigenvalue weighted by Crippen LogP contribution is 2.25. The molecule has 0 unspecified atom stereocenters. The van der Waals surface area contributed by atoms with Gasteiger partial charge >= 0.3 is 0 Å². The molecule has 38 heavy (non-hydrogen) atoms. The first-order valence-corrected chi connectivity index (χ1v) is 15.6. The Morgan fingerprint density at radius 2 is 1.53 bits per heavy atom. The van der Waals surface area contributed by atoms with Gasteiger partial charge < -0.3 is 10.1 Å². The van der Waals surface area contributed by atoms with Crippen LogP contribution in [0.25, 0.3) is 0 Å². The molecule has 3 rings (SSSR count). The van der Waals surface area contributed by atoms with E-state index in [2.05, 4.69) is 35.4 Å². The fourth-order valence-electron chi connectivity index (χ4n) is 4.56. The number of nitrogens with zero attached hydrogens (tertiary/aromatic N) is 1. The van der Waals surface area contributed by atoms with Gasteiger partial charge in [-0.15, -0.1) is 0 Å². The maximum atomic E-state index is 13.0. The van der Waals surface area contributed by atoms with E-state index in [9.17, 15) is 4.79 Å². The van der Waals surface area contributed by atoms with E-state index in [-0.39, 0.29) is 5.91 Å². The van der Waals surface area contributed by atoms with Crippen LogP contribution in [0.3, 0.4) is 0 Å². The zero-order valence-electron chi connectivity index (χ0n) is 23.1. The predicted molar refractivity (Wildman–Crippen MR) is 161 cm³/mol. The quantitative estimate of drug-likeness (QED) is 0.125. The fraction of sp³-hybridized carbons (Fsp3) is 0.500. The van der Waals surface area contributed by atoms with Gasteiger partial charge in [-0.3, -0.25) is 4.79 Å². The normalized spacial score (nSPS) is 11.0. The van der Waals surface area contributed by atoms with E-state index < -0.39 is 0 Å². The number of carbonyl (C=O) groups excluding carboxylic acids is 1. The molecule has 0 radical (unpaired) electrons. The molecule has 1 amide bonds. The summed E-state index contributed by atoms with van der Waals surface area (Å²) in [4.78, 5) is 14.3. The van der Waals surface area contributed by atoms with Crippen molar-refractivity contribution in [3.05, 3.63) is 75.2 Å². The number of benzene rings is 2. The molecule has 3 aromatic rings. The molecule has 4 nitrogen and oxygen atoms in total. The van der Waals surface area contributed by atoms with Crippen LogP contribution >= 0.6 is 22.9 Å². The van der Waals surface area contributed by atoms with E-state index in [0.29, 0.717) is 22.9 Å². The summed E-state index contributed by atoms with van der Waals surface area (Å²) in [6.07, 6.45) is 17.8. The molecule has 0 atom stereocenters. The van der Waals surface area contributed by atoms with Gasteiger partial charge in [-0.2, -0.15) is 4.57 Å². The van der Waals surface area contributed by atoms with Crippen molar-refractivity contribution in [3.8, 4) is 5.75 Å². The molecule has 2 aromatic carbocycles. The monoisotopic (exact) mass is 555 g/mol. The molecule has 0 bridgehead atoms. The molecule has 0 fully saturated rings. The maximum absolute atomic E-state index is 13.0. The van der Waals surface area contributed by atoms with Crippen molar-refractivity contribution in [1.82, 2.24) is 0 Å². The molecule has 0 aliphatic heterocycles. The first kappa shape index (κ1) is 30.2. The summed E-state index contributed by atoms with van der Waals surface area (Å²) in [5, 5.41) is 3.56. The van der Waals surface area contributed by atoms with E-state index in [4.69, 9.17) is 16.3 Å². The van der Waals surface area contributed by atoms with Crippen molar-refractivity contribution >= 4 is 34.5 Å². The largest absolute Gasteiger partial charge is 0.493 e. The second kappa shape index (κ2) is 17.3. The SMILES string of the molecule is CCCCCCCCCCCCCCOc1cc(Cl)ccc1C(=O)Nc1ccc(C[n+]2csc(C)c2)cc1. The van der Waals surface area contributed by atoms with Crippen molar-refractivity contribution in [2.24, 2.45) is 0 Å². The zero-order valence-corrected chi connectivity index (χ0v) is 24.7. The smallest absolute Gasteiger partial charge is 0.259 e. The van der Waals surface area contributed by atoms with E-state index >= 15 is 0 Å². The number of unbranched alkanes of at least 4 members (excludes halogenated alkanes) is 11. The molecule has 0 aliphatic carbocycles. The number of rotatable bonds is 18. The summed E-state index contributed by atoms with van der Waals surface area (Å²) >= 11 is 7.95. The lowest BCUT2D eigenvalue weighted by molar-refractivity contribution is -0.683. The van der Waals surface area contributed by atoms with Gasteiger partial charge in [-0.25, -0.2) is 0 Å². The molecule has 0 saturated carbocycles. The molecule has 6 heteroatoms. The molecule has 1 N–H and O–H groups in total. The van der Waals surface area contributed by atoms with Crippen LogP contribution in [0, 0.1) is 6.92 Å². The number of ether oxygens (including phenoxy) is 1. The Kier molecular flexibility index (Phi) is 13.7. The van der Waals surface area contributed by atoms with Crippen molar-refractivity contribution < 1.29 is 14.1 Å². The Morgan fingerprint density at radius 3 is 2.13 bits per heavy atom. The van der Waals surface area contributed by atoms with Crippen LogP contribution < -0.4 is 14.6 Å². The van der Waals surface area contributed by atoms with Crippen LogP contribution in [0.15, 0.2) is 54.2 Å². The number of halogens is 1. The number of anilines is 1. The van der Waals surface area contributed by atoms with Crippen LogP contribution in [-0.4, -0.2) is 12.5 Å². The van der Waals surface area contributed by atoms with Crippen molar-refractivity contribution in [1.29, 1.82) is 0 Å². The van der Waals surface area contributed by atoms with Crippen LogP contribution in [0.5, 0.6) is 5.75 Å². The van der Waals surface area contributed by atoms with E-state index in [1.807, 2.05) is 24.3 Å². The van der Waals surface area contributed by atoms with E-state index in [0.717, 1.165) is 25.1 Å². The van der Waals surface area contributed by atoms with Crippen LogP contribution in [-0.2, 0) is 6.54 Å². The highest BCUT2D eigenvalue weighted by molar-refractivity contribution is 7.09. The number of thiazole rings is 1. The van der Waals surface area contributed by atoms with E-state index in [1.54, 1.807) is 29.5 Å². The Labute approximate surface area is 238 Å². The number of amides is 1. The number of hydrogen-bond donors (Lipinski definition) is 1. The van der Waals surface area contributed by atoms with Gasteiger partial charge in [-0.05, 0) is 43.7 Å². The maximum Gasteiger partial charge on any atom is 0.259 e. The molecular formula is C32H44ClN2O2S+. The molecule has 0 aliphatic rings. The highest BCUT2D eigenvalue weighted by Gasteiger charge is 2.14. The van der Waals surface area contributed by atoms with Gasteiger partial charge in [0, 0.05) is 16.3 Å². The average Bonchev–Trinajstić information content (AvgIpc) is 3.32. The highest BCUT2D eigenvalue weighted by atomic mass is 35.5. The lowest BCUT2D eigenvalue weighted by Gasteiger charge is -2.12. The van der Waals surface area contributed by atoms with E-state index in [1.165, 1.54) is 74.6 Å². The summed E-state index contributed by atoms with van der Waals surface area (Å²) in [5.74, 6) is 0.348. The second-order valence-corrected chi connectivity index (χ2v) is 11.7. The summed E-state index contributed by atoms with van der Waals surface area (Å²) < 4.78 is 8.18. The molecule has 206 valence electrons. The van der Waals surface area contributed by atoms with Gasteiger partial charge in [0.25, 0.3) is 5.91 Å². The van der Waals surface area contributed by atoms with Gasteiger partial charge in [0.1, 0.15) is 5.75 Å². The molecular weight excluding hydrogens is 512 g/mol. The number of hydrogen-bond acceptors (Lipinski definition) is 3. The summed E-state index contributed by atoms with van der Waals surface area (Å²) in [7, 11) is 0. The number of aromatic nitrogens is 1. The summed E-state index contributed by atoms with van der Waals surface area (Å²) in [5.41, 5.74) is 4.56. The summed E-state index contributed by atoms with van der Waals surface area (Å²) in [6.45, 7) is 5.77. The van der Waals surface area contributed by atoms with Gasteiger partial charge in [-0.1, -0.05) is 113 Å². The second-order valence-electron chi connectivity index (χ2n) is 10.2. The molecule has 1 aromatic heterocycles. The van der Waals surface area contributed by atoms with Crippen LogP contribution in [0.2, 0.25) is 5.02 Å². The zero-order chi connectivity index (χ0) is 27.0. The topological polar surface area (TPSA) is 42.2 Å². The first-order chi connectivity index (χ1) is 18.5. The third kappa shape index (κ3) is 11.2. The molecule has 0 saturated heterocycles. The standard InChI is InChI=1S/C32H43ClN2O2S/c1-3-4-5-6-7-8-9-10-11-12-13-14-21-37-31-22-28(33)17-20-30(31)32(36)34-29-18-15-27(16-19-29)24-35-23-26(2)38-25-35/h15-20,22-23,25H,3-14,21,24H2,1-2H3/p+1. The van der Waals surface area contributed by atoms with Gasteiger partial charge in [0.15, 0.2) is 12.7 Å². The minimum Gasteiger partial charge on any atom is -0.493 e. The lowest BCUT2D eigenvalue weighted by Crippen LogP contribution is -2.30. The third-order valence-corrected chi connectivity index (χ3v) is 7.83. The van der Waals surface area contributed by atoms with Crippen molar-refractivity contribution in [2.45, 2.75) is 97.4 Å². The Bertz CT molecular complexity index is 1100. The lowest BCUT2D eigenvalue weighted by atomic mass is 10.1. The van der Waals surface area contributed by atoms with Crippen molar-refractivity contribution in [3.63, 3.8) is 0 Å². The number of nitrogens with one attached hydrogen (secondary N) is 1. The molecule has 0 spiro atoms. The molecule has 1 heterocycles.